The molecule has 0 aliphatic heterocycles. The third-order valence-corrected chi connectivity index (χ3v) is 4.86. The van der Waals surface area contributed by atoms with Crippen LogP contribution in [0, 0.1) is 28.7 Å². The van der Waals surface area contributed by atoms with E-state index in [2.05, 4.69) is 42.0 Å². The molecule has 0 saturated carbocycles. The molecule has 0 spiro atoms. The van der Waals surface area contributed by atoms with E-state index in [1.807, 2.05) is 12.3 Å². The van der Waals surface area contributed by atoms with E-state index in [0.717, 1.165) is 28.0 Å². The molecule has 0 radical (unpaired) electrons. The van der Waals surface area contributed by atoms with Gasteiger partial charge in [-0.2, -0.15) is 0 Å². The van der Waals surface area contributed by atoms with E-state index in [9.17, 15) is 10.1 Å². The van der Waals surface area contributed by atoms with Gasteiger partial charge in [0.2, 0.25) is 4.77 Å². The summed E-state index contributed by atoms with van der Waals surface area (Å²) >= 11 is 5.37. The average molecular weight is 376 g/mol. The molecule has 0 amide bonds. The number of hydrogen-bond acceptors (Lipinski definition) is 4. The van der Waals surface area contributed by atoms with E-state index in [1.54, 1.807) is 16.7 Å². The fourth-order valence-electron chi connectivity index (χ4n) is 3.26. The van der Waals surface area contributed by atoms with E-state index in [-0.39, 0.29) is 5.69 Å². The van der Waals surface area contributed by atoms with Crippen LogP contribution >= 0.6 is 12.2 Å². The van der Waals surface area contributed by atoms with Gasteiger partial charge in [-0.3, -0.25) is 14.5 Å². The number of aryl methyl sites for hydroxylation is 2. The summed E-state index contributed by atoms with van der Waals surface area (Å²) in [6, 6.07) is 12.8. The lowest BCUT2D eigenvalue weighted by Gasteiger charge is -2.05. The fourth-order valence-corrected chi connectivity index (χ4v) is 3.45. The zero-order chi connectivity index (χ0) is 19.1. The zero-order valence-electron chi connectivity index (χ0n) is 14.8. The van der Waals surface area contributed by atoms with Gasteiger partial charge in [-0.15, -0.1) is 0 Å². The number of imidazole rings is 1. The number of benzene rings is 2. The molecule has 0 bridgehead atoms. The van der Waals surface area contributed by atoms with Crippen LogP contribution in [0.3, 0.4) is 0 Å². The number of non-ortho nitro benzene ring substituents is 1. The van der Waals surface area contributed by atoms with E-state index >= 15 is 0 Å². The number of hydrogen-bond donors (Lipinski definition) is 1. The molecule has 0 fully saturated rings. The molecule has 2 aromatic heterocycles. The smallest absolute Gasteiger partial charge is 0.270 e. The molecule has 2 heterocycles. The molecule has 4 rings (SSSR count). The number of aromatic nitrogens is 3. The third-order valence-electron chi connectivity index (χ3n) is 4.56. The number of nitrogens with zero attached hydrogens (tertiary/aromatic N) is 3. The van der Waals surface area contributed by atoms with Crippen molar-refractivity contribution in [1.82, 2.24) is 14.4 Å². The molecule has 7 heteroatoms. The molecule has 0 unspecified atom stereocenters. The Hall–Kier alpha value is -3.32. The summed E-state index contributed by atoms with van der Waals surface area (Å²) in [7, 11) is 0. The van der Waals surface area contributed by atoms with Crippen LogP contribution in [-0.2, 0) is 0 Å². The van der Waals surface area contributed by atoms with Crippen LogP contribution in [0.5, 0.6) is 0 Å². The standard InChI is InChI=1S/C20H16N4O2S/c1-12-6-7-16(13(2)8-12)18-11-23-19(22-18)17(10-21-20(23)27)14-4-3-5-15(9-14)24(25)26/h3-11,22H,1-2H3. The van der Waals surface area contributed by atoms with Gasteiger partial charge < -0.3 is 4.98 Å². The molecule has 0 atom stereocenters. The lowest BCUT2D eigenvalue weighted by molar-refractivity contribution is -0.384. The first-order valence-electron chi connectivity index (χ1n) is 8.37. The van der Waals surface area contributed by atoms with Crippen LogP contribution in [0.25, 0.3) is 28.0 Å². The molecular formula is C20H16N4O2S. The molecule has 6 nitrogen and oxygen atoms in total. The number of nitro benzene ring substituents is 1. The second kappa shape index (κ2) is 6.44. The quantitative estimate of drug-likeness (QED) is 0.301. The van der Waals surface area contributed by atoms with E-state index in [4.69, 9.17) is 12.2 Å². The Labute approximate surface area is 160 Å². The summed E-state index contributed by atoms with van der Waals surface area (Å²) in [4.78, 5) is 18.4. The van der Waals surface area contributed by atoms with Gasteiger partial charge >= 0.3 is 0 Å². The summed E-state index contributed by atoms with van der Waals surface area (Å²) in [5.41, 5.74) is 6.59. The topological polar surface area (TPSA) is 76.2 Å². The van der Waals surface area contributed by atoms with Crippen LogP contribution in [0.2, 0.25) is 0 Å². The Morgan fingerprint density at radius 2 is 1.96 bits per heavy atom. The van der Waals surface area contributed by atoms with Crippen LogP contribution < -0.4 is 0 Å². The van der Waals surface area contributed by atoms with Crippen molar-refractivity contribution in [2.75, 3.05) is 0 Å². The van der Waals surface area contributed by atoms with E-state index < -0.39 is 4.92 Å². The maximum atomic E-state index is 11.1. The van der Waals surface area contributed by atoms with Crippen molar-refractivity contribution < 1.29 is 4.92 Å². The molecule has 1 N–H and O–H groups in total. The third kappa shape index (κ3) is 3.02. The normalized spacial score (nSPS) is 11.0. The first kappa shape index (κ1) is 17.1. The molecule has 0 aliphatic rings. The molecule has 0 aliphatic carbocycles. The minimum Gasteiger partial charge on any atom is -0.339 e. The lowest BCUT2D eigenvalue weighted by atomic mass is 10.0. The van der Waals surface area contributed by atoms with Gasteiger partial charge in [0, 0.05) is 35.7 Å². The molecule has 4 aromatic rings. The van der Waals surface area contributed by atoms with Crippen LogP contribution in [0.15, 0.2) is 54.9 Å². The monoisotopic (exact) mass is 376 g/mol. The molecular weight excluding hydrogens is 360 g/mol. The Kier molecular flexibility index (Phi) is 4.08. The Bertz CT molecular complexity index is 1260. The number of nitro groups is 1. The largest absolute Gasteiger partial charge is 0.339 e. The van der Waals surface area contributed by atoms with Crippen molar-refractivity contribution in [3.8, 4) is 22.4 Å². The lowest BCUT2D eigenvalue weighted by Crippen LogP contribution is -1.94. The van der Waals surface area contributed by atoms with Gasteiger partial charge in [0.25, 0.3) is 5.69 Å². The summed E-state index contributed by atoms with van der Waals surface area (Å²) in [6.07, 6.45) is 3.57. The Balaban J connectivity index is 1.95. The molecule has 27 heavy (non-hydrogen) atoms. The first-order valence-corrected chi connectivity index (χ1v) is 8.78. The maximum Gasteiger partial charge on any atom is 0.270 e. The SMILES string of the molecule is Cc1ccc(-c2cn3c(=S)ncc(-c4cccc([N+](=O)[O-])c4)c3[nH]2)c(C)c1. The number of rotatable bonds is 3. The fraction of sp³-hybridized carbons (Fsp3) is 0.100. The van der Waals surface area contributed by atoms with Gasteiger partial charge in [-0.25, -0.2) is 4.98 Å². The summed E-state index contributed by atoms with van der Waals surface area (Å²) in [5.74, 6) is 0. The van der Waals surface area contributed by atoms with Gasteiger partial charge in [-0.1, -0.05) is 35.9 Å². The van der Waals surface area contributed by atoms with Gasteiger partial charge in [0.15, 0.2) is 0 Å². The number of nitrogens with one attached hydrogen (secondary N) is 1. The minimum atomic E-state index is -0.404. The molecule has 134 valence electrons. The molecule has 0 saturated heterocycles. The van der Waals surface area contributed by atoms with Crippen LogP contribution in [-0.4, -0.2) is 19.3 Å². The first-order chi connectivity index (χ1) is 12.9. The van der Waals surface area contributed by atoms with Crippen molar-refractivity contribution >= 4 is 23.6 Å². The summed E-state index contributed by atoms with van der Waals surface area (Å²) in [5, 5.41) is 11.1. The van der Waals surface area contributed by atoms with Crippen molar-refractivity contribution in [3.63, 3.8) is 0 Å². The van der Waals surface area contributed by atoms with Gasteiger partial charge in [0.05, 0.1) is 10.6 Å². The zero-order valence-corrected chi connectivity index (χ0v) is 15.6. The van der Waals surface area contributed by atoms with Crippen LogP contribution in [0.1, 0.15) is 11.1 Å². The second-order valence-electron chi connectivity index (χ2n) is 6.47. The number of fused-ring (bicyclic) bond motifs is 1. The highest BCUT2D eigenvalue weighted by Crippen LogP contribution is 2.30. The van der Waals surface area contributed by atoms with Crippen molar-refractivity contribution in [2.24, 2.45) is 0 Å². The highest BCUT2D eigenvalue weighted by atomic mass is 32.1. The predicted octanol–water partition coefficient (Wildman–Crippen LogP) is 5.25. The van der Waals surface area contributed by atoms with Crippen molar-refractivity contribution in [2.45, 2.75) is 13.8 Å². The van der Waals surface area contributed by atoms with Crippen LogP contribution in [0.4, 0.5) is 5.69 Å². The average Bonchev–Trinajstić information content (AvgIpc) is 3.08. The molecule has 2 aromatic carbocycles. The van der Waals surface area contributed by atoms with E-state index in [1.165, 1.54) is 17.7 Å². The number of aromatic amines is 1. The maximum absolute atomic E-state index is 11.1. The Morgan fingerprint density at radius 3 is 2.70 bits per heavy atom. The van der Waals surface area contributed by atoms with Gasteiger partial charge in [-0.05, 0) is 37.2 Å². The Morgan fingerprint density at radius 1 is 1.15 bits per heavy atom. The highest BCUT2D eigenvalue weighted by molar-refractivity contribution is 7.71. The highest BCUT2D eigenvalue weighted by Gasteiger charge is 2.14. The van der Waals surface area contributed by atoms with Crippen molar-refractivity contribution in [1.29, 1.82) is 0 Å². The number of H-pyrrole nitrogens is 1. The van der Waals surface area contributed by atoms with E-state index in [0.29, 0.717) is 10.3 Å². The summed E-state index contributed by atoms with van der Waals surface area (Å²) < 4.78 is 2.23. The predicted molar refractivity (Wildman–Crippen MR) is 107 cm³/mol. The van der Waals surface area contributed by atoms with Crippen molar-refractivity contribution in [3.05, 3.63) is 80.9 Å². The second-order valence-corrected chi connectivity index (χ2v) is 6.83. The summed E-state index contributed by atoms with van der Waals surface area (Å²) in [6.45, 7) is 4.12. The van der Waals surface area contributed by atoms with Gasteiger partial charge in [0.1, 0.15) is 5.65 Å². The minimum absolute atomic E-state index is 0.0364.